The molecule has 0 aromatic rings. The van der Waals surface area contributed by atoms with Crippen molar-refractivity contribution >= 4 is 19.2 Å². The predicted molar refractivity (Wildman–Crippen MR) is 32.3 cm³/mol. The van der Waals surface area contributed by atoms with E-state index in [0.717, 1.165) is 0 Å². The molecule has 0 amide bonds. The van der Waals surface area contributed by atoms with Gasteiger partial charge >= 0.3 is 7.60 Å². The molecule has 0 radical (unpaired) electrons. The molecule has 3 nitrogen and oxygen atoms in total. The molecule has 0 unspecified atom stereocenters. The van der Waals surface area contributed by atoms with Gasteiger partial charge in [-0.1, -0.05) is 0 Å². The van der Waals surface area contributed by atoms with Crippen molar-refractivity contribution < 1.29 is 13.6 Å². The van der Waals surface area contributed by atoms with E-state index in [1.807, 2.05) is 0 Å². The minimum atomic E-state index is -2.90. The number of rotatable bonds is 3. The molecule has 0 aliphatic rings. The lowest BCUT2D eigenvalue weighted by Gasteiger charge is -2.07. The van der Waals surface area contributed by atoms with Crippen LogP contribution in [0.5, 0.6) is 0 Å². The van der Waals surface area contributed by atoms with Gasteiger partial charge in [-0.3, -0.25) is 4.57 Å². The summed E-state index contributed by atoms with van der Waals surface area (Å²) in [5, 5.41) is 0. The van der Waals surface area contributed by atoms with E-state index in [2.05, 4.69) is 9.05 Å². The van der Waals surface area contributed by atoms with Crippen LogP contribution in [0, 0.1) is 0 Å². The third-order valence-corrected chi connectivity index (χ3v) is 2.99. The molecule has 0 aromatic carbocycles. The maximum Gasteiger partial charge on any atom is 0.344 e. The van der Waals surface area contributed by atoms with E-state index in [-0.39, 0.29) is 5.62 Å². The SMILES string of the molecule is COP(=O)(CCl)OC. The summed E-state index contributed by atoms with van der Waals surface area (Å²) in [7, 11) is -0.300. The van der Waals surface area contributed by atoms with Crippen LogP contribution in [-0.2, 0) is 13.6 Å². The zero-order valence-electron chi connectivity index (χ0n) is 4.76. The van der Waals surface area contributed by atoms with Crippen molar-refractivity contribution in [1.82, 2.24) is 0 Å². The quantitative estimate of drug-likeness (QED) is 0.463. The summed E-state index contributed by atoms with van der Waals surface area (Å²) < 4.78 is 19.6. The second kappa shape index (κ2) is 3.46. The van der Waals surface area contributed by atoms with Gasteiger partial charge in [0.1, 0.15) is 5.62 Å². The van der Waals surface area contributed by atoms with Gasteiger partial charge in [0, 0.05) is 14.2 Å². The highest BCUT2D eigenvalue weighted by Gasteiger charge is 2.17. The molecule has 0 saturated carbocycles. The van der Waals surface area contributed by atoms with Crippen LogP contribution in [0.3, 0.4) is 0 Å². The molecule has 0 aliphatic heterocycles. The van der Waals surface area contributed by atoms with Crippen molar-refractivity contribution in [2.75, 3.05) is 19.8 Å². The fraction of sp³-hybridized carbons (Fsp3) is 1.00. The molecule has 0 saturated heterocycles. The van der Waals surface area contributed by atoms with E-state index >= 15 is 0 Å². The Labute approximate surface area is 53.5 Å². The van der Waals surface area contributed by atoms with Crippen LogP contribution in [0.4, 0.5) is 0 Å². The van der Waals surface area contributed by atoms with Gasteiger partial charge in [0.2, 0.25) is 0 Å². The molecule has 0 fully saturated rings. The Morgan fingerprint density at radius 3 is 1.88 bits per heavy atom. The molecule has 8 heavy (non-hydrogen) atoms. The van der Waals surface area contributed by atoms with Crippen molar-refractivity contribution in [2.24, 2.45) is 0 Å². The highest BCUT2D eigenvalue weighted by atomic mass is 35.5. The van der Waals surface area contributed by atoms with Gasteiger partial charge in [0.15, 0.2) is 0 Å². The first-order valence-electron chi connectivity index (χ1n) is 1.95. The van der Waals surface area contributed by atoms with Crippen LogP contribution < -0.4 is 0 Å². The molecule has 0 rings (SSSR count). The Morgan fingerprint density at radius 1 is 1.50 bits per heavy atom. The Hall–Kier alpha value is 0.440. The first-order chi connectivity index (χ1) is 3.68. The summed E-state index contributed by atoms with van der Waals surface area (Å²) in [4.78, 5) is 0. The summed E-state index contributed by atoms with van der Waals surface area (Å²) in [6.45, 7) is 0. The lowest BCUT2D eigenvalue weighted by atomic mass is 11.8. The van der Waals surface area contributed by atoms with Gasteiger partial charge in [-0.15, -0.1) is 11.6 Å². The number of hydrogen-bond acceptors (Lipinski definition) is 3. The molecule has 0 atom stereocenters. The molecule has 0 aromatic heterocycles. The summed E-state index contributed by atoms with van der Waals surface area (Å²) in [6, 6.07) is 0. The van der Waals surface area contributed by atoms with E-state index in [9.17, 15) is 4.57 Å². The van der Waals surface area contributed by atoms with Gasteiger partial charge in [-0.25, -0.2) is 0 Å². The summed E-state index contributed by atoms with van der Waals surface area (Å²) >= 11 is 5.20. The van der Waals surface area contributed by atoms with Crippen molar-refractivity contribution in [2.45, 2.75) is 0 Å². The number of hydrogen-bond donors (Lipinski definition) is 0. The maximum absolute atomic E-state index is 10.7. The van der Waals surface area contributed by atoms with Gasteiger partial charge in [-0.05, 0) is 0 Å². The second-order valence-corrected chi connectivity index (χ2v) is 4.00. The number of halogens is 1. The third kappa shape index (κ3) is 2.14. The highest BCUT2D eigenvalue weighted by Crippen LogP contribution is 2.46. The molecular weight excluding hydrogens is 150 g/mol. The minimum Gasteiger partial charge on any atom is -0.311 e. The van der Waals surface area contributed by atoms with E-state index in [4.69, 9.17) is 11.6 Å². The van der Waals surface area contributed by atoms with Crippen molar-refractivity contribution in [3.05, 3.63) is 0 Å². The van der Waals surface area contributed by atoms with Gasteiger partial charge in [0.05, 0.1) is 0 Å². The molecular formula is C3H8ClO3P. The lowest BCUT2D eigenvalue weighted by molar-refractivity contribution is 0.280. The molecule has 0 aliphatic carbocycles. The minimum absolute atomic E-state index is 0.0972. The van der Waals surface area contributed by atoms with E-state index in [0.29, 0.717) is 0 Å². The lowest BCUT2D eigenvalue weighted by Crippen LogP contribution is -1.87. The summed E-state index contributed by atoms with van der Waals surface area (Å²) in [5.74, 6) is 0. The van der Waals surface area contributed by atoms with Gasteiger partial charge in [-0.2, -0.15) is 0 Å². The van der Waals surface area contributed by atoms with Crippen LogP contribution in [0.2, 0.25) is 0 Å². The zero-order valence-corrected chi connectivity index (χ0v) is 6.41. The maximum atomic E-state index is 10.7. The zero-order chi connectivity index (χ0) is 6.62. The van der Waals surface area contributed by atoms with E-state index in [1.54, 1.807) is 0 Å². The topological polar surface area (TPSA) is 35.5 Å². The van der Waals surface area contributed by atoms with Crippen LogP contribution in [0.15, 0.2) is 0 Å². The van der Waals surface area contributed by atoms with Crippen LogP contribution in [-0.4, -0.2) is 19.8 Å². The van der Waals surface area contributed by atoms with Crippen LogP contribution in [0.1, 0.15) is 0 Å². The Kier molecular flexibility index (Phi) is 3.65. The van der Waals surface area contributed by atoms with E-state index < -0.39 is 7.60 Å². The average molecular weight is 159 g/mol. The monoisotopic (exact) mass is 158 g/mol. The van der Waals surface area contributed by atoms with Gasteiger partial charge < -0.3 is 9.05 Å². The molecule has 0 bridgehead atoms. The molecule has 50 valence electrons. The predicted octanol–water partition coefficient (Wildman–Crippen LogP) is 1.67. The summed E-state index contributed by atoms with van der Waals surface area (Å²) in [5.41, 5.74) is -0.0972. The second-order valence-electron chi connectivity index (χ2n) is 1.10. The molecule has 0 N–H and O–H groups in total. The normalized spacial score (nSPS) is 11.9. The van der Waals surface area contributed by atoms with Crippen molar-refractivity contribution in [1.29, 1.82) is 0 Å². The highest BCUT2D eigenvalue weighted by molar-refractivity contribution is 7.55. The number of alkyl halides is 1. The third-order valence-electron chi connectivity index (χ3n) is 0.703. The molecule has 0 spiro atoms. The first-order valence-corrected chi connectivity index (χ1v) is 4.21. The van der Waals surface area contributed by atoms with Gasteiger partial charge in [0.25, 0.3) is 0 Å². The standard InChI is InChI=1S/C3H8ClO3P/c1-6-8(5,3-4)7-2/h3H2,1-2H3. The Bertz CT molecular complexity index is 85.7. The first kappa shape index (κ1) is 8.44. The summed E-state index contributed by atoms with van der Waals surface area (Å²) in [6.07, 6.45) is 0. The fourth-order valence-corrected chi connectivity index (χ4v) is 1.10. The van der Waals surface area contributed by atoms with E-state index in [1.165, 1.54) is 14.2 Å². The van der Waals surface area contributed by atoms with Crippen LogP contribution in [0.25, 0.3) is 0 Å². The van der Waals surface area contributed by atoms with Crippen molar-refractivity contribution in [3.8, 4) is 0 Å². The average Bonchev–Trinajstić information content (AvgIpc) is 1.87. The fourth-order valence-electron chi connectivity index (χ4n) is 0.172. The van der Waals surface area contributed by atoms with Crippen molar-refractivity contribution in [3.63, 3.8) is 0 Å². The molecule has 0 heterocycles. The molecule has 5 heteroatoms. The van der Waals surface area contributed by atoms with Crippen LogP contribution >= 0.6 is 19.2 Å². The smallest absolute Gasteiger partial charge is 0.311 e. The Morgan fingerprint density at radius 2 is 1.88 bits per heavy atom. The Balaban J connectivity index is 3.79. The largest absolute Gasteiger partial charge is 0.344 e.